The zero-order valence-electron chi connectivity index (χ0n) is 23.5. The highest BCUT2D eigenvalue weighted by Crippen LogP contribution is 2.46. The molecular formula is C28H29F9N2O4. The Balaban J connectivity index is 2.25. The summed E-state index contributed by atoms with van der Waals surface area (Å²) < 4.78 is 133. The summed E-state index contributed by atoms with van der Waals surface area (Å²) in [7, 11) is 0.910. The quantitative estimate of drug-likeness (QED) is 0.300. The number of fused-ring (bicyclic) bond motifs is 1. The second kappa shape index (κ2) is 12.5. The van der Waals surface area contributed by atoms with E-state index in [-0.39, 0.29) is 36.3 Å². The van der Waals surface area contributed by atoms with E-state index >= 15 is 0 Å². The SMILES string of the molecule is CCCOC(=O)N1c2ccc(C(F)(F)F)cc2[C@@H](N(Cc2cc(C(F)(F)F)cc(C(F)(F)F)c2)C(=O)OC)C[C@H]1C(C)C. The molecule has 43 heavy (non-hydrogen) atoms. The lowest BCUT2D eigenvalue weighted by Gasteiger charge is -2.45. The molecule has 0 N–H and O–H groups in total. The van der Waals surface area contributed by atoms with Crippen molar-refractivity contribution in [3.63, 3.8) is 0 Å². The number of hydrogen-bond donors (Lipinski definition) is 0. The van der Waals surface area contributed by atoms with Gasteiger partial charge in [-0.2, -0.15) is 39.5 Å². The summed E-state index contributed by atoms with van der Waals surface area (Å²) >= 11 is 0. The number of benzene rings is 2. The number of alkyl halides is 9. The minimum absolute atomic E-state index is 0.00488. The number of anilines is 1. The van der Waals surface area contributed by atoms with Crippen LogP contribution in [0.3, 0.4) is 0 Å². The fourth-order valence-electron chi connectivity index (χ4n) is 4.94. The van der Waals surface area contributed by atoms with Gasteiger partial charge in [-0.15, -0.1) is 0 Å². The number of carbonyl (C=O) groups excluding carboxylic acids is 2. The van der Waals surface area contributed by atoms with E-state index < -0.39 is 71.6 Å². The van der Waals surface area contributed by atoms with E-state index in [0.717, 1.165) is 29.0 Å². The molecular weight excluding hydrogens is 599 g/mol. The first-order chi connectivity index (χ1) is 19.8. The highest BCUT2D eigenvalue weighted by Gasteiger charge is 2.44. The Morgan fingerprint density at radius 1 is 0.907 bits per heavy atom. The fraction of sp³-hybridized carbons (Fsp3) is 0.500. The Labute approximate surface area is 241 Å². The van der Waals surface area contributed by atoms with Crippen LogP contribution in [-0.2, 0) is 34.5 Å². The Kier molecular flexibility index (Phi) is 9.86. The van der Waals surface area contributed by atoms with Gasteiger partial charge in [-0.1, -0.05) is 20.8 Å². The van der Waals surface area contributed by atoms with Gasteiger partial charge in [0.2, 0.25) is 0 Å². The van der Waals surface area contributed by atoms with Gasteiger partial charge < -0.3 is 9.47 Å². The molecule has 0 saturated carbocycles. The van der Waals surface area contributed by atoms with Crippen molar-refractivity contribution in [2.24, 2.45) is 5.92 Å². The summed E-state index contributed by atoms with van der Waals surface area (Å²) in [5.41, 5.74) is -5.27. The van der Waals surface area contributed by atoms with E-state index in [1.54, 1.807) is 20.8 Å². The Morgan fingerprint density at radius 3 is 1.93 bits per heavy atom. The van der Waals surface area contributed by atoms with Crippen LogP contribution in [0.5, 0.6) is 0 Å². The number of rotatable bonds is 6. The Hall–Kier alpha value is -3.65. The molecule has 0 spiro atoms. The molecule has 6 nitrogen and oxygen atoms in total. The molecule has 0 aromatic heterocycles. The molecule has 2 aromatic rings. The minimum atomic E-state index is -5.17. The molecule has 0 fully saturated rings. The molecule has 1 aliphatic rings. The van der Waals surface area contributed by atoms with Crippen LogP contribution in [0.15, 0.2) is 36.4 Å². The van der Waals surface area contributed by atoms with Crippen molar-refractivity contribution in [2.45, 2.75) is 70.8 Å². The molecule has 0 saturated heterocycles. The van der Waals surface area contributed by atoms with Crippen molar-refractivity contribution in [1.82, 2.24) is 4.90 Å². The van der Waals surface area contributed by atoms with Gasteiger partial charge in [-0.25, -0.2) is 9.59 Å². The molecule has 3 rings (SSSR count). The standard InChI is InChI=1S/C28H29F9N2O4/c1-5-8-43-25(41)39-21-7-6-17(26(29,30)31)12-20(21)23(13-22(39)15(2)3)38(24(40)42-4)14-16-9-18(27(32,33)34)11-19(10-16)28(35,36)37/h6-7,9-12,15,22-23H,5,8,13-14H2,1-4H3/t22-,23-/m0/s1. The van der Waals surface area contributed by atoms with Crippen LogP contribution in [0.1, 0.15) is 67.5 Å². The molecule has 2 aromatic carbocycles. The zero-order chi connectivity index (χ0) is 32.5. The second-order valence-electron chi connectivity index (χ2n) is 10.3. The molecule has 0 radical (unpaired) electrons. The smallest absolute Gasteiger partial charge is 0.416 e. The van der Waals surface area contributed by atoms with Crippen LogP contribution in [-0.4, -0.2) is 36.8 Å². The van der Waals surface area contributed by atoms with E-state index in [0.29, 0.717) is 24.6 Å². The van der Waals surface area contributed by atoms with E-state index in [9.17, 15) is 49.1 Å². The first-order valence-electron chi connectivity index (χ1n) is 13.1. The molecule has 0 bridgehead atoms. The number of nitrogens with zero attached hydrogens (tertiary/aromatic N) is 2. The summed E-state index contributed by atoms with van der Waals surface area (Å²) in [6.45, 7) is 4.24. The Morgan fingerprint density at radius 2 is 1.47 bits per heavy atom. The first-order valence-corrected chi connectivity index (χ1v) is 13.1. The molecule has 1 heterocycles. The molecule has 0 aliphatic carbocycles. The van der Waals surface area contributed by atoms with Crippen molar-refractivity contribution >= 4 is 17.9 Å². The second-order valence-corrected chi connectivity index (χ2v) is 10.3. The van der Waals surface area contributed by atoms with Crippen LogP contribution < -0.4 is 4.90 Å². The van der Waals surface area contributed by atoms with Crippen LogP contribution in [0, 0.1) is 5.92 Å². The third kappa shape index (κ3) is 7.66. The summed E-state index contributed by atoms with van der Waals surface area (Å²) in [6, 6.07) is 1.07. The lowest BCUT2D eigenvalue weighted by molar-refractivity contribution is -0.143. The van der Waals surface area contributed by atoms with E-state index in [1.807, 2.05) is 0 Å². The average Bonchev–Trinajstić information content (AvgIpc) is 2.91. The Bertz CT molecular complexity index is 1290. The monoisotopic (exact) mass is 628 g/mol. The first kappa shape index (κ1) is 33.8. The van der Waals surface area contributed by atoms with Crippen molar-refractivity contribution < 1.29 is 58.6 Å². The average molecular weight is 629 g/mol. The zero-order valence-corrected chi connectivity index (χ0v) is 23.5. The van der Waals surface area contributed by atoms with E-state index in [1.165, 1.54) is 0 Å². The fourth-order valence-corrected chi connectivity index (χ4v) is 4.94. The summed E-state index contributed by atoms with van der Waals surface area (Å²) in [5, 5.41) is 0. The third-order valence-electron chi connectivity index (χ3n) is 6.95. The van der Waals surface area contributed by atoms with Gasteiger partial charge in [0.15, 0.2) is 0 Å². The van der Waals surface area contributed by atoms with Crippen molar-refractivity contribution in [1.29, 1.82) is 0 Å². The number of ether oxygens (including phenoxy) is 2. The summed E-state index contributed by atoms with van der Waals surface area (Å²) in [5.74, 6) is -0.378. The van der Waals surface area contributed by atoms with Gasteiger partial charge in [0.05, 0.1) is 42.1 Å². The number of carbonyl (C=O) groups is 2. The number of amides is 2. The van der Waals surface area contributed by atoms with Gasteiger partial charge in [0.25, 0.3) is 0 Å². The molecule has 1 aliphatic heterocycles. The summed E-state index contributed by atoms with van der Waals surface area (Å²) in [4.78, 5) is 28.1. The van der Waals surface area contributed by atoms with Gasteiger partial charge >= 0.3 is 30.7 Å². The number of methoxy groups -OCH3 is 1. The molecule has 2 atom stereocenters. The van der Waals surface area contributed by atoms with Crippen LogP contribution >= 0.6 is 0 Å². The highest BCUT2D eigenvalue weighted by molar-refractivity contribution is 5.90. The van der Waals surface area contributed by atoms with Gasteiger partial charge in [-0.3, -0.25) is 9.80 Å². The van der Waals surface area contributed by atoms with Gasteiger partial charge in [0, 0.05) is 12.6 Å². The lowest BCUT2D eigenvalue weighted by Crippen LogP contribution is -2.51. The largest absolute Gasteiger partial charge is 0.453 e. The van der Waals surface area contributed by atoms with Crippen LogP contribution in [0.4, 0.5) is 54.8 Å². The van der Waals surface area contributed by atoms with Crippen molar-refractivity contribution in [3.8, 4) is 0 Å². The highest BCUT2D eigenvalue weighted by atomic mass is 19.4. The van der Waals surface area contributed by atoms with Crippen molar-refractivity contribution in [3.05, 3.63) is 64.2 Å². The lowest BCUT2D eigenvalue weighted by atomic mass is 9.84. The maximum absolute atomic E-state index is 13.8. The molecule has 2 amide bonds. The van der Waals surface area contributed by atoms with E-state index in [2.05, 4.69) is 0 Å². The summed E-state index contributed by atoms with van der Waals surface area (Å²) in [6.07, 6.45) is -17.1. The molecule has 15 heteroatoms. The van der Waals surface area contributed by atoms with Crippen LogP contribution in [0.25, 0.3) is 0 Å². The maximum atomic E-state index is 13.8. The van der Waals surface area contributed by atoms with Crippen molar-refractivity contribution in [2.75, 3.05) is 18.6 Å². The maximum Gasteiger partial charge on any atom is 0.416 e. The normalized spacial score (nSPS) is 17.5. The van der Waals surface area contributed by atoms with E-state index in [4.69, 9.17) is 9.47 Å². The number of halogens is 9. The number of hydrogen-bond acceptors (Lipinski definition) is 4. The predicted octanol–water partition coefficient (Wildman–Crippen LogP) is 8.83. The van der Waals surface area contributed by atoms with Gasteiger partial charge in [0.1, 0.15) is 0 Å². The molecule has 238 valence electrons. The molecule has 0 unspecified atom stereocenters. The topological polar surface area (TPSA) is 59.1 Å². The third-order valence-corrected chi connectivity index (χ3v) is 6.95. The van der Waals surface area contributed by atoms with Crippen LogP contribution in [0.2, 0.25) is 0 Å². The van der Waals surface area contributed by atoms with Gasteiger partial charge in [-0.05, 0) is 66.3 Å². The predicted molar refractivity (Wildman–Crippen MR) is 136 cm³/mol. The minimum Gasteiger partial charge on any atom is -0.453 e.